The molecule has 0 aliphatic rings. The van der Waals surface area contributed by atoms with E-state index in [0.29, 0.717) is 5.69 Å². The SMILES string of the molecule is CC(=O)Nc1ccc(S(=O)(=O)NCC(c2ccccc2)N(C)C)cc1. The monoisotopic (exact) mass is 361 g/mol. The van der Waals surface area contributed by atoms with Gasteiger partial charge < -0.3 is 10.2 Å². The van der Waals surface area contributed by atoms with Crippen molar-refractivity contribution in [2.45, 2.75) is 17.9 Å². The van der Waals surface area contributed by atoms with E-state index in [2.05, 4.69) is 10.0 Å². The first-order valence-electron chi connectivity index (χ1n) is 7.88. The summed E-state index contributed by atoms with van der Waals surface area (Å²) in [6, 6.07) is 15.7. The number of carbonyl (C=O) groups is 1. The molecule has 0 bridgehead atoms. The normalized spacial score (nSPS) is 12.8. The Balaban J connectivity index is 2.10. The fourth-order valence-corrected chi connectivity index (χ4v) is 3.50. The summed E-state index contributed by atoms with van der Waals surface area (Å²) in [5.41, 5.74) is 1.60. The van der Waals surface area contributed by atoms with Crippen LogP contribution in [0.5, 0.6) is 0 Å². The zero-order valence-electron chi connectivity index (χ0n) is 14.6. The summed E-state index contributed by atoms with van der Waals surface area (Å²) < 4.78 is 27.7. The summed E-state index contributed by atoms with van der Waals surface area (Å²) in [5, 5.41) is 2.61. The molecule has 2 N–H and O–H groups in total. The van der Waals surface area contributed by atoms with Gasteiger partial charge in [-0.1, -0.05) is 30.3 Å². The number of nitrogens with zero attached hydrogens (tertiary/aromatic N) is 1. The van der Waals surface area contributed by atoms with Gasteiger partial charge in [0.05, 0.1) is 4.90 Å². The third-order valence-corrected chi connectivity index (χ3v) is 5.20. The number of amides is 1. The van der Waals surface area contributed by atoms with Crippen molar-refractivity contribution in [2.24, 2.45) is 0 Å². The van der Waals surface area contributed by atoms with Gasteiger partial charge in [0.25, 0.3) is 0 Å². The highest BCUT2D eigenvalue weighted by molar-refractivity contribution is 7.89. The molecule has 0 heterocycles. The summed E-state index contributed by atoms with van der Waals surface area (Å²) in [6.45, 7) is 1.66. The molecule has 2 aromatic carbocycles. The summed E-state index contributed by atoms with van der Waals surface area (Å²) in [7, 11) is 0.190. The van der Waals surface area contributed by atoms with E-state index in [0.717, 1.165) is 5.56 Å². The lowest BCUT2D eigenvalue weighted by atomic mass is 10.1. The Labute approximate surface area is 148 Å². The average Bonchev–Trinajstić information content (AvgIpc) is 2.55. The van der Waals surface area contributed by atoms with Crippen LogP contribution in [0.3, 0.4) is 0 Å². The lowest BCUT2D eigenvalue weighted by Gasteiger charge is -2.25. The Hall–Kier alpha value is -2.22. The number of hydrogen-bond acceptors (Lipinski definition) is 4. The Kier molecular flexibility index (Phi) is 6.30. The number of rotatable bonds is 7. The highest BCUT2D eigenvalue weighted by atomic mass is 32.2. The minimum atomic E-state index is -3.63. The van der Waals surface area contributed by atoms with E-state index in [4.69, 9.17) is 0 Å². The van der Waals surface area contributed by atoms with Gasteiger partial charge in [-0.3, -0.25) is 4.79 Å². The van der Waals surface area contributed by atoms with Crippen LogP contribution in [-0.4, -0.2) is 39.9 Å². The first kappa shape index (κ1) is 19.1. The van der Waals surface area contributed by atoms with Gasteiger partial charge in [0.1, 0.15) is 0 Å². The Morgan fingerprint density at radius 1 is 1.04 bits per heavy atom. The van der Waals surface area contributed by atoms with E-state index in [1.54, 1.807) is 12.1 Å². The van der Waals surface area contributed by atoms with Gasteiger partial charge in [-0.05, 0) is 43.9 Å². The molecule has 25 heavy (non-hydrogen) atoms. The second-order valence-corrected chi connectivity index (χ2v) is 7.71. The minimum Gasteiger partial charge on any atom is -0.326 e. The molecule has 0 aromatic heterocycles. The molecule has 1 amide bonds. The van der Waals surface area contributed by atoms with E-state index < -0.39 is 10.0 Å². The van der Waals surface area contributed by atoms with Crippen molar-refractivity contribution in [3.8, 4) is 0 Å². The van der Waals surface area contributed by atoms with E-state index in [9.17, 15) is 13.2 Å². The van der Waals surface area contributed by atoms with Crippen LogP contribution < -0.4 is 10.0 Å². The average molecular weight is 361 g/mol. The maximum absolute atomic E-state index is 12.5. The van der Waals surface area contributed by atoms with Crippen LogP contribution >= 0.6 is 0 Å². The molecule has 2 aromatic rings. The van der Waals surface area contributed by atoms with Gasteiger partial charge in [0.15, 0.2) is 0 Å². The lowest BCUT2D eigenvalue weighted by Crippen LogP contribution is -2.34. The number of carbonyl (C=O) groups excluding carboxylic acids is 1. The summed E-state index contributed by atoms with van der Waals surface area (Å²) in [5.74, 6) is -0.203. The molecule has 2 rings (SSSR count). The van der Waals surface area contributed by atoms with Crippen LogP contribution in [0.4, 0.5) is 5.69 Å². The zero-order chi connectivity index (χ0) is 18.4. The minimum absolute atomic E-state index is 0.0744. The third-order valence-electron chi connectivity index (χ3n) is 3.76. The first-order valence-corrected chi connectivity index (χ1v) is 9.36. The number of nitrogens with one attached hydrogen (secondary N) is 2. The first-order chi connectivity index (χ1) is 11.8. The molecule has 1 atom stereocenters. The fraction of sp³-hybridized carbons (Fsp3) is 0.278. The molecular formula is C18H23N3O3S. The lowest BCUT2D eigenvalue weighted by molar-refractivity contribution is -0.114. The van der Waals surface area contributed by atoms with Crippen LogP contribution in [0.25, 0.3) is 0 Å². The van der Waals surface area contributed by atoms with Gasteiger partial charge in [-0.15, -0.1) is 0 Å². The van der Waals surface area contributed by atoms with E-state index in [1.807, 2.05) is 49.3 Å². The van der Waals surface area contributed by atoms with Crippen LogP contribution in [0.2, 0.25) is 0 Å². The summed E-state index contributed by atoms with van der Waals surface area (Å²) >= 11 is 0. The van der Waals surface area contributed by atoms with E-state index >= 15 is 0 Å². The number of likely N-dealkylation sites (N-methyl/N-ethyl adjacent to an activating group) is 1. The largest absolute Gasteiger partial charge is 0.326 e. The summed E-state index contributed by atoms with van der Waals surface area (Å²) in [6.07, 6.45) is 0. The molecule has 0 saturated heterocycles. The standard InChI is InChI=1S/C18H23N3O3S/c1-14(22)20-16-9-11-17(12-10-16)25(23,24)19-13-18(21(2)3)15-7-5-4-6-8-15/h4-12,18-19H,13H2,1-3H3,(H,20,22). The number of hydrogen-bond donors (Lipinski definition) is 2. The molecule has 0 radical (unpaired) electrons. The fourth-order valence-electron chi connectivity index (χ4n) is 2.47. The Bertz CT molecular complexity index is 803. The topological polar surface area (TPSA) is 78.5 Å². The Morgan fingerprint density at radius 3 is 2.16 bits per heavy atom. The van der Waals surface area contributed by atoms with Crippen molar-refractivity contribution in [1.29, 1.82) is 0 Å². The number of anilines is 1. The van der Waals surface area contributed by atoms with Gasteiger partial charge in [-0.25, -0.2) is 13.1 Å². The number of sulfonamides is 1. The Morgan fingerprint density at radius 2 is 1.64 bits per heavy atom. The molecule has 0 aliphatic heterocycles. The van der Waals surface area contributed by atoms with Gasteiger partial charge in [-0.2, -0.15) is 0 Å². The molecule has 0 saturated carbocycles. The second kappa shape index (κ2) is 8.24. The van der Waals surface area contributed by atoms with Crippen molar-refractivity contribution in [3.05, 3.63) is 60.2 Å². The van der Waals surface area contributed by atoms with Crippen molar-refractivity contribution in [2.75, 3.05) is 26.0 Å². The van der Waals surface area contributed by atoms with Gasteiger partial charge >= 0.3 is 0 Å². The smallest absolute Gasteiger partial charge is 0.240 e. The molecule has 0 aliphatic carbocycles. The molecule has 0 spiro atoms. The zero-order valence-corrected chi connectivity index (χ0v) is 15.4. The van der Waals surface area contributed by atoms with Crippen molar-refractivity contribution >= 4 is 21.6 Å². The van der Waals surface area contributed by atoms with Crippen LogP contribution in [0.15, 0.2) is 59.5 Å². The highest BCUT2D eigenvalue weighted by Crippen LogP contribution is 2.19. The maximum Gasteiger partial charge on any atom is 0.240 e. The van der Waals surface area contributed by atoms with E-state index in [1.165, 1.54) is 19.1 Å². The highest BCUT2D eigenvalue weighted by Gasteiger charge is 2.19. The molecule has 134 valence electrons. The molecule has 0 fully saturated rings. The van der Waals surface area contributed by atoms with Gasteiger partial charge in [0, 0.05) is 25.2 Å². The van der Waals surface area contributed by atoms with Gasteiger partial charge in [0.2, 0.25) is 15.9 Å². The van der Waals surface area contributed by atoms with Crippen LogP contribution in [0, 0.1) is 0 Å². The van der Waals surface area contributed by atoms with Crippen molar-refractivity contribution < 1.29 is 13.2 Å². The molecular weight excluding hydrogens is 338 g/mol. The molecule has 7 heteroatoms. The predicted octanol–water partition coefficient (Wildman–Crippen LogP) is 2.23. The van der Waals surface area contributed by atoms with Crippen LogP contribution in [-0.2, 0) is 14.8 Å². The predicted molar refractivity (Wildman–Crippen MR) is 98.8 cm³/mol. The van der Waals surface area contributed by atoms with E-state index in [-0.39, 0.29) is 23.4 Å². The van der Waals surface area contributed by atoms with Crippen LogP contribution in [0.1, 0.15) is 18.5 Å². The molecule has 1 unspecified atom stereocenters. The third kappa shape index (κ3) is 5.38. The second-order valence-electron chi connectivity index (χ2n) is 5.95. The quantitative estimate of drug-likeness (QED) is 0.793. The number of benzene rings is 2. The van der Waals surface area contributed by atoms with Crippen molar-refractivity contribution in [3.63, 3.8) is 0 Å². The van der Waals surface area contributed by atoms with Crippen molar-refractivity contribution in [1.82, 2.24) is 9.62 Å². The molecule has 6 nitrogen and oxygen atoms in total. The summed E-state index contributed by atoms with van der Waals surface area (Å²) in [4.78, 5) is 13.2. The maximum atomic E-state index is 12.5.